The fourth-order valence-electron chi connectivity index (χ4n) is 7.44. The number of nitrogens with zero attached hydrogens (tertiary/aromatic N) is 4. The van der Waals surface area contributed by atoms with Gasteiger partial charge in [-0.3, -0.25) is 9.59 Å². The van der Waals surface area contributed by atoms with E-state index in [0.29, 0.717) is 53.2 Å². The highest BCUT2D eigenvalue weighted by atomic mass is 16.5. The molecule has 1 N–H and O–H groups in total. The van der Waals surface area contributed by atoms with Crippen molar-refractivity contribution in [3.8, 4) is 11.8 Å². The van der Waals surface area contributed by atoms with Crippen molar-refractivity contribution < 1.29 is 23.9 Å². The molecule has 2 aliphatic heterocycles. The molecule has 1 saturated carbocycles. The van der Waals surface area contributed by atoms with Crippen LogP contribution < -0.4 is 10.1 Å². The number of carbonyl (C=O) groups is 3. The lowest BCUT2D eigenvalue weighted by molar-refractivity contribution is -0.125. The van der Waals surface area contributed by atoms with Crippen LogP contribution in [0.15, 0.2) is 54.6 Å². The summed E-state index contributed by atoms with van der Waals surface area (Å²) in [6, 6.07) is 17.1. The number of nitrogens with one attached hydrogen (secondary N) is 1. The summed E-state index contributed by atoms with van der Waals surface area (Å²) in [4.78, 5) is 52.3. The van der Waals surface area contributed by atoms with Crippen LogP contribution in [0.25, 0.3) is 0 Å². The molecule has 3 fully saturated rings. The van der Waals surface area contributed by atoms with Gasteiger partial charge in [0, 0.05) is 38.6 Å². The summed E-state index contributed by atoms with van der Waals surface area (Å²) in [7, 11) is 0. The maximum Gasteiger partial charge on any atom is 0.338 e. The van der Waals surface area contributed by atoms with Crippen LogP contribution in [0.4, 0.5) is 0 Å². The summed E-state index contributed by atoms with van der Waals surface area (Å²) in [6.07, 6.45) is 5.14. The maximum atomic E-state index is 13.7. The number of rotatable bonds is 11. The SMILES string of the molecule is CCOC(=O)c1cccc(Oc2nc(C)c(C(=O)N3CC4CN(CCC(NC(=O)C5CCCC5)c5ccccc5)CC4C3)c(C)n2)c1. The van der Waals surface area contributed by atoms with Crippen molar-refractivity contribution >= 4 is 17.8 Å². The predicted octanol–water partition coefficient (Wildman–Crippen LogP) is 5.50. The van der Waals surface area contributed by atoms with Crippen LogP contribution in [0.1, 0.15) is 82.7 Å². The number of amides is 2. The third-order valence-corrected chi connectivity index (χ3v) is 9.85. The van der Waals surface area contributed by atoms with Crippen LogP contribution in [-0.4, -0.2) is 76.9 Å². The van der Waals surface area contributed by atoms with E-state index in [0.717, 1.165) is 57.3 Å². The van der Waals surface area contributed by atoms with Crippen molar-refractivity contribution in [2.45, 2.75) is 58.9 Å². The summed E-state index contributed by atoms with van der Waals surface area (Å²) in [6.45, 7) is 9.85. The standard InChI is InChI=1S/C37H45N5O5/c1-4-46-36(45)28-15-10-16-31(19-28)47-37-38-24(2)33(25(3)39-37)35(44)42-22-29-20-41(21-30(29)23-42)18-17-32(26-11-6-5-7-12-26)40-34(43)27-13-8-9-14-27/h5-7,10-12,15-16,19,27,29-30,32H,4,8-9,13-14,17-18,20-23H2,1-3H3,(H,40,43). The Labute approximate surface area is 276 Å². The van der Waals surface area contributed by atoms with Crippen molar-refractivity contribution in [1.29, 1.82) is 0 Å². The molecule has 2 saturated heterocycles. The molecule has 0 bridgehead atoms. The van der Waals surface area contributed by atoms with Gasteiger partial charge in [0.1, 0.15) is 5.75 Å². The minimum absolute atomic E-state index is 0.00206. The van der Waals surface area contributed by atoms with E-state index in [2.05, 4.69) is 32.3 Å². The first-order valence-corrected chi connectivity index (χ1v) is 17.0. The second-order valence-corrected chi connectivity index (χ2v) is 13.1. The van der Waals surface area contributed by atoms with Gasteiger partial charge in [0.05, 0.1) is 35.2 Å². The number of fused-ring (bicyclic) bond motifs is 1. The number of carbonyl (C=O) groups excluding carboxylic acids is 3. The van der Waals surface area contributed by atoms with Crippen molar-refractivity contribution in [3.05, 3.63) is 82.7 Å². The zero-order valence-corrected chi connectivity index (χ0v) is 27.6. The molecule has 248 valence electrons. The Hall–Kier alpha value is -4.31. The highest BCUT2D eigenvalue weighted by Crippen LogP contribution is 2.34. The van der Waals surface area contributed by atoms with Gasteiger partial charge in [0.25, 0.3) is 5.91 Å². The van der Waals surface area contributed by atoms with Gasteiger partial charge in [-0.05, 0) is 75.6 Å². The average molecular weight is 640 g/mol. The molecule has 3 heterocycles. The zero-order chi connectivity index (χ0) is 32.9. The molecule has 10 nitrogen and oxygen atoms in total. The van der Waals surface area contributed by atoms with Gasteiger partial charge in [-0.25, -0.2) is 4.79 Å². The van der Waals surface area contributed by atoms with Crippen LogP contribution in [-0.2, 0) is 9.53 Å². The Balaban J connectivity index is 1.04. The van der Waals surface area contributed by atoms with Gasteiger partial charge in [-0.2, -0.15) is 9.97 Å². The van der Waals surface area contributed by atoms with E-state index in [-0.39, 0.29) is 36.4 Å². The third-order valence-electron chi connectivity index (χ3n) is 9.85. The highest BCUT2D eigenvalue weighted by molar-refractivity contribution is 5.96. The van der Waals surface area contributed by atoms with Crippen molar-refractivity contribution in [1.82, 2.24) is 25.1 Å². The molecule has 3 aliphatic rings. The van der Waals surface area contributed by atoms with E-state index in [1.54, 1.807) is 45.0 Å². The topological polar surface area (TPSA) is 114 Å². The number of hydrogen-bond acceptors (Lipinski definition) is 8. The number of aromatic nitrogens is 2. The van der Waals surface area contributed by atoms with Gasteiger partial charge in [-0.15, -0.1) is 0 Å². The molecule has 3 unspecified atom stereocenters. The van der Waals surface area contributed by atoms with Crippen molar-refractivity contribution in [2.75, 3.05) is 39.3 Å². The first kappa shape index (κ1) is 32.6. The Bertz CT molecular complexity index is 1550. The number of ether oxygens (including phenoxy) is 2. The molecule has 0 spiro atoms. The lowest BCUT2D eigenvalue weighted by atomic mass is 10.0. The molecule has 2 amide bonds. The first-order chi connectivity index (χ1) is 22.8. The summed E-state index contributed by atoms with van der Waals surface area (Å²) in [5.41, 5.74) is 3.17. The molecule has 1 aromatic heterocycles. The second kappa shape index (κ2) is 14.6. The van der Waals surface area contributed by atoms with Crippen LogP contribution in [0.2, 0.25) is 0 Å². The van der Waals surface area contributed by atoms with Crippen molar-refractivity contribution in [3.63, 3.8) is 0 Å². The summed E-state index contributed by atoms with van der Waals surface area (Å²) >= 11 is 0. The molecule has 0 radical (unpaired) electrons. The van der Waals surface area contributed by atoms with Gasteiger partial charge in [-0.1, -0.05) is 49.2 Å². The largest absolute Gasteiger partial charge is 0.462 e. The predicted molar refractivity (Wildman–Crippen MR) is 177 cm³/mol. The molecular weight excluding hydrogens is 594 g/mol. The van der Waals surface area contributed by atoms with Crippen molar-refractivity contribution in [2.24, 2.45) is 17.8 Å². The quantitative estimate of drug-likeness (QED) is 0.274. The van der Waals surface area contributed by atoms with Gasteiger partial charge in [0.2, 0.25) is 5.91 Å². The molecule has 1 aliphatic carbocycles. The molecule has 3 atom stereocenters. The van der Waals surface area contributed by atoms with Crippen LogP contribution in [0.3, 0.4) is 0 Å². The smallest absolute Gasteiger partial charge is 0.338 e. The van der Waals surface area contributed by atoms with E-state index >= 15 is 0 Å². The number of aryl methyl sites for hydroxylation is 2. The summed E-state index contributed by atoms with van der Waals surface area (Å²) in [5, 5.41) is 3.37. The molecule has 3 aromatic rings. The van der Waals surface area contributed by atoms with Gasteiger partial charge < -0.3 is 24.6 Å². The van der Waals surface area contributed by atoms with Gasteiger partial charge >= 0.3 is 12.0 Å². The maximum absolute atomic E-state index is 13.7. The fourth-order valence-corrected chi connectivity index (χ4v) is 7.44. The summed E-state index contributed by atoms with van der Waals surface area (Å²) in [5.74, 6) is 1.11. The Morgan fingerprint density at radius 1 is 0.915 bits per heavy atom. The zero-order valence-electron chi connectivity index (χ0n) is 27.6. The third kappa shape index (κ3) is 7.64. The average Bonchev–Trinajstić information content (AvgIpc) is 3.81. The number of benzene rings is 2. The molecule has 47 heavy (non-hydrogen) atoms. The van der Waals surface area contributed by atoms with E-state index in [1.807, 2.05) is 23.1 Å². The Morgan fingerprint density at radius 3 is 2.26 bits per heavy atom. The Kier molecular flexibility index (Phi) is 10.2. The summed E-state index contributed by atoms with van der Waals surface area (Å²) < 4.78 is 11.0. The lowest BCUT2D eigenvalue weighted by Gasteiger charge is -2.26. The molecule has 6 rings (SSSR count). The first-order valence-electron chi connectivity index (χ1n) is 17.0. The number of likely N-dealkylation sites (tertiary alicyclic amines) is 2. The molecule has 2 aromatic carbocycles. The van der Waals surface area contributed by atoms with Crippen LogP contribution >= 0.6 is 0 Å². The minimum atomic E-state index is -0.426. The molecular formula is C37H45N5O5. The molecule has 10 heteroatoms. The van der Waals surface area contributed by atoms with Gasteiger partial charge in [0.15, 0.2) is 0 Å². The Morgan fingerprint density at radius 2 is 1.60 bits per heavy atom. The monoisotopic (exact) mass is 639 g/mol. The normalized spacial score (nSPS) is 20.2. The number of esters is 1. The highest BCUT2D eigenvalue weighted by Gasteiger charge is 2.42. The van der Waals surface area contributed by atoms with E-state index in [9.17, 15) is 14.4 Å². The van der Waals surface area contributed by atoms with E-state index in [1.165, 1.54) is 0 Å². The second-order valence-electron chi connectivity index (χ2n) is 13.1. The van der Waals surface area contributed by atoms with E-state index in [4.69, 9.17) is 9.47 Å². The fraction of sp³-hybridized carbons (Fsp3) is 0.486. The van der Waals surface area contributed by atoms with Crippen LogP contribution in [0, 0.1) is 31.6 Å². The lowest BCUT2D eigenvalue weighted by Crippen LogP contribution is -2.37. The number of hydrogen-bond donors (Lipinski definition) is 1. The van der Waals surface area contributed by atoms with E-state index < -0.39 is 5.97 Å². The minimum Gasteiger partial charge on any atom is -0.462 e. The van der Waals surface area contributed by atoms with Crippen LogP contribution in [0.5, 0.6) is 11.8 Å².